The maximum atomic E-state index is 5.95. The lowest BCUT2D eigenvalue weighted by molar-refractivity contribution is 0.227. The quantitative estimate of drug-likeness (QED) is 0.239. The van der Waals surface area contributed by atoms with Crippen molar-refractivity contribution in [3.05, 3.63) is 114 Å². The molecular formula is C34H37N6P. The zero-order valence-corrected chi connectivity index (χ0v) is 25.2. The van der Waals surface area contributed by atoms with Crippen molar-refractivity contribution in [2.75, 3.05) is 50.0 Å². The molecule has 1 atom stereocenters. The molecule has 0 saturated carbocycles. The molecule has 7 heteroatoms. The number of benzene rings is 4. The minimum Gasteiger partial charge on any atom is -0.346 e. The van der Waals surface area contributed by atoms with Crippen molar-refractivity contribution >= 4 is 41.4 Å². The van der Waals surface area contributed by atoms with Crippen LogP contribution in [-0.2, 0) is 5.41 Å². The van der Waals surface area contributed by atoms with Gasteiger partial charge >= 0.3 is 0 Å². The third kappa shape index (κ3) is 4.08. The minimum absolute atomic E-state index is 0.203. The second-order valence-corrected chi connectivity index (χ2v) is 14.5. The summed E-state index contributed by atoms with van der Waals surface area (Å²) in [6.07, 6.45) is 2.13. The maximum Gasteiger partial charge on any atom is 0.179 e. The Labute approximate surface area is 243 Å². The van der Waals surface area contributed by atoms with Crippen LogP contribution in [0.5, 0.6) is 0 Å². The van der Waals surface area contributed by atoms with E-state index >= 15 is 0 Å². The third-order valence-corrected chi connectivity index (χ3v) is 12.4. The molecule has 0 N–H and O–H groups in total. The van der Waals surface area contributed by atoms with Crippen molar-refractivity contribution in [3.8, 4) is 0 Å². The number of allylic oxidation sites excluding steroid dienone is 2. The van der Waals surface area contributed by atoms with Gasteiger partial charge in [0.2, 0.25) is 0 Å². The summed E-state index contributed by atoms with van der Waals surface area (Å²) in [6.45, 7) is 8.56. The van der Waals surface area contributed by atoms with Crippen molar-refractivity contribution in [3.63, 3.8) is 0 Å². The molecule has 0 aromatic heterocycles. The lowest BCUT2D eigenvalue weighted by Gasteiger charge is -2.44. The molecule has 0 amide bonds. The molecule has 0 radical (unpaired) electrons. The first-order valence-corrected chi connectivity index (χ1v) is 16.1. The molecule has 6 nitrogen and oxygen atoms in total. The molecule has 3 aliphatic rings. The predicted octanol–water partition coefficient (Wildman–Crippen LogP) is 7.90. The van der Waals surface area contributed by atoms with Crippen LogP contribution in [0.1, 0.15) is 19.4 Å². The molecule has 0 bridgehead atoms. The average Bonchev–Trinajstić information content (AvgIpc) is 3.45. The van der Waals surface area contributed by atoms with Crippen LogP contribution in [0.4, 0.5) is 17.1 Å². The molecule has 0 aliphatic carbocycles. The van der Waals surface area contributed by atoms with Gasteiger partial charge in [-0.05, 0) is 42.3 Å². The van der Waals surface area contributed by atoms with E-state index in [0.717, 1.165) is 37.6 Å². The van der Waals surface area contributed by atoms with E-state index in [0.29, 0.717) is 0 Å². The van der Waals surface area contributed by atoms with E-state index in [1.165, 1.54) is 33.0 Å². The molecule has 1 saturated heterocycles. The highest BCUT2D eigenvalue weighted by Gasteiger charge is 2.50. The molecule has 0 spiro atoms. The first-order chi connectivity index (χ1) is 19.9. The Kier molecular flexibility index (Phi) is 6.39. The first kappa shape index (κ1) is 26.2. The van der Waals surface area contributed by atoms with Crippen molar-refractivity contribution < 1.29 is 0 Å². The fourth-order valence-corrected chi connectivity index (χ4v) is 10.6. The molecule has 41 heavy (non-hydrogen) atoms. The standard InChI is InChI=1S/C34H37N6P/c1-34(2)29-18-10-11-20-31(29)38(4)33(34)32-25-35-40(27-15-6-5-7-16-27)41(32,39-23-21-37(3)22-24-39)36-30-19-12-14-26-13-8-9-17-28(26)30/h5-20,25H,21-24H2,1-4H3/b33-32-/t41-/m0/s1. The molecule has 208 valence electrons. The lowest BCUT2D eigenvalue weighted by Crippen LogP contribution is -2.44. The number of likely N-dealkylation sites (N-methyl/N-ethyl adjacent to an activating group) is 2. The Balaban J connectivity index is 1.58. The number of hydrogen-bond donors (Lipinski definition) is 0. The Hall–Kier alpha value is -3.70. The van der Waals surface area contributed by atoms with Gasteiger partial charge in [-0.1, -0.05) is 86.6 Å². The summed E-state index contributed by atoms with van der Waals surface area (Å²) in [5, 5.41) is 8.86. The second-order valence-electron chi connectivity index (χ2n) is 11.7. The summed E-state index contributed by atoms with van der Waals surface area (Å²) < 4.78 is 10.9. The second kappa shape index (κ2) is 9.99. The van der Waals surface area contributed by atoms with Crippen LogP contribution < -0.4 is 9.68 Å². The average molecular weight is 561 g/mol. The fourth-order valence-electron chi connectivity index (χ4n) is 6.76. The molecule has 3 heterocycles. The van der Waals surface area contributed by atoms with E-state index in [2.05, 4.69) is 150 Å². The van der Waals surface area contributed by atoms with Gasteiger partial charge in [-0.25, -0.2) is 14.2 Å². The van der Waals surface area contributed by atoms with Crippen LogP contribution in [0.2, 0.25) is 0 Å². The number of rotatable bonds is 3. The topological polar surface area (TPSA) is 37.7 Å². The lowest BCUT2D eigenvalue weighted by atomic mass is 9.84. The largest absolute Gasteiger partial charge is 0.346 e. The van der Waals surface area contributed by atoms with Crippen LogP contribution in [-0.4, -0.2) is 56.1 Å². The molecule has 1 fully saturated rings. The number of piperazine rings is 1. The predicted molar refractivity (Wildman–Crippen MR) is 174 cm³/mol. The van der Waals surface area contributed by atoms with Crippen LogP contribution in [0.15, 0.2) is 118 Å². The van der Waals surface area contributed by atoms with E-state index in [1.54, 1.807) is 0 Å². The number of hydrazone groups is 1. The molecular weight excluding hydrogens is 523 g/mol. The highest BCUT2D eigenvalue weighted by atomic mass is 31.2. The van der Waals surface area contributed by atoms with Crippen LogP contribution >= 0.6 is 7.36 Å². The number of anilines is 2. The highest BCUT2D eigenvalue weighted by Crippen LogP contribution is 2.71. The number of hydrogen-bond acceptors (Lipinski definition) is 4. The molecule has 4 aromatic rings. The van der Waals surface area contributed by atoms with Crippen molar-refractivity contribution in [2.24, 2.45) is 9.85 Å². The van der Waals surface area contributed by atoms with Gasteiger partial charge in [0.1, 0.15) is 0 Å². The van der Waals surface area contributed by atoms with Crippen LogP contribution in [0, 0.1) is 0 Å². The smallest absolute Gasteiger partial charge is 0.179 e. The summed E-state index contributed by atoms with van der Waals surface area (Å²) >= 11 is 0. The Morgan fingerprint density at radius 2 is 1.44 bits per heavy atom. The van der Waals surface area contributed by atoms with E-state index in [4.69, 9.17) is 9.85 Å². The van der Waals surface area contributed by atoms with Gasteiger partial charge in [-0.3, -0.25) is 0 Å². The Bertz CT molecular complexity index is 1730. The number of para-hydroxylation sites is 2. The van der Waals surface area contributed by atoms with E-state index in [9.17, 15) is 0 Å². The SMILES string of the molecule is CN1CCN([P@@]2(=Nc3cccc4ccccc34)/C(=C3\N(C)c4ccccc4C3(C)C)C=NN2c2ccccc2)CC1. The van der Waals surface area contributed by atoms with E-state index < -0.39 is 7.36 Å². The van der Waals surface area contributed by atoms with Gasteiger partial charge in [-0.2, -0.15) is 5.10 Å². The maximum absolute atomic E-state index is 5.95. The zero-order valence-electron chi connectivity index (χ0n) is 24.3. The Morgan fingerprint density at radius 1 is 0.756 bits per heavy atom. The monoisotopic (exact) mass is 560 g/mol. The summed E-state index contributed by atoms with van der Waals surface area (Å²) in [4.78, 5) is 4.82. The molecule has 3 aliphatic heterocycles. The van der Waals surface area contributed by atoms with E-state index in [-0.39, 0.29) is 5.41 Å². The van der Waals surface area contributed by atoms with Gasteiger partial charge in [-0.15, -0.1) is 0 Å². The van der Waals surface area contributed by atoms with Gasteiger partial charge in [0.15, 0.2) is 7.36 Å². The molecule has 7 rings (SSSR count). The van der Waals surface area contributed by atoms with Crippen LogP contribution in [0.25, 0.3) is 10.8 Å². The Morgan fingerprint density at radius 3 is 2.22 bits per heavy atom. The van der Waals surface area contributed by atoms with E-state index in [1.807, 2.05) is 0 Å². The first-order valence-electron chi connectivity index (χ1n) is 14.4. The number of fused-ring (bicyclic) bond motifs is 2. The minimum atomic E-state index is -2.63. The van der Waals surface area contributed by atoms with Crippen molar-refractivity contribution in [1.82, 2.24) is 9.57 Å². The normalized spacial score (nSPS) is 24.3. The third-order valence-electron chi connectivity index (χ3n) is 8.86. The summed E-state index contributed by atoms with van der Waals surface area (Å²) in [5.74, 6) is 0. The van der Waals surface area contributed by atoms with Gasteiger partial charge in [0.05, 0.1) is 22.9 Å². The van der Waals surface area contributed by atoms with Gasteiger partial charge in [0, 0.05) is 55.4 Å². The summed E-state index contributed by atoms with van der Waals surface area (Å²) in [7, 11) is 1.80. The van der Waals surface area contributed by atoms with Gasteiger partial charge in [0.25, 0.3) is 0 Å². The zero-order chi connectivity index (χ0) is 28.2. The van der Waals surface area contributed by atoms with Gasteiger partial charge < -0.3 is 9.80 Å². The number of nitrogens with zero attached hydrogens (tertiary/aromatic N) is 6. The van der Waals surface area contributed by atoms with Crippen molar-refractivity contribution in [1.29, 1.82) is 0 Å². The fraction of sp³-hybridized carbons (Fsp3) is 0.265. The molecule has 0 unspecified atom stereocenters. The summed E-state index contributed by atoms with van der Waals surface area (Å²) in [6, 6.07) is 34.5. The van der Waals surface area contributed by atoms with Crippen molar-refractivity contribution in [2.45, 2.75) is 19.3 Å². The van der Waals surface area contributed by atoms with Crippen LogP contribution in [0.3, 0.4) is 0 Å². The highest BCUT2D eigenvalue weighted by molar-refractivity contribution is 7.71. The summed E-state index contributed by atoms with van der Waals surface area (Å²) in [5.41, 5.74) is 5.79. The molecule has 4 aromatic carbocycles.